The van der Waals surface area contributed by atoms with E-state index < -0.39 is 6.43 Å². The van der Waals surface area contributed by atoms with E-state index in [1.54, 1.807) is 0 Å². The number of H-pyrrole nitrogens is 1. The Morgan fingerprint density at radius 3 is 2.25 bits per heavy atom. The highest BCUT2D eigenvalue weighted by Gasteiger charge is 2.27. The topological polar surface area (TPSA) is 37.9 Å². The lowest BCUT2D eigenvalue weighted by Crippen LogP contribution is -2.16. The van der Waals surface area contributed by atoms with Gasteiger partial charge in [-0.15, -0.1) is 0 Å². The molecule has 0 radical (unpaired) electrons. The van der Waals surface area contributed by atoms with Crippen molar-refractivity contribution in [2.45, 2.75) is 46.5 Å². The Hall–Kier alpha value is -1.43. The molecule has 6 heteroatoms. The van der Waals surface area contributed by atoms with Crippen LogP contribution in [-0.2, 0) is 5.41 Å². The Bertz CT molecular complexity index is 659. The molecule has 0 bridgehead atoms. The molecule has 20 heavy (non-hydrogen) atoms. The molecule has 0 aliphatic heterocycles. The van der Waals surface area contributed by atoms with Crippen molar-refractivity contribution < 1.29 is 13.2 Å². The quantitative estimate of drug-likeness (QED) is 0.865. The van der Waals surface area contributed by atoms with Crippen LogP contribution in [0.2, 0.25) is 0 Å². The van der Waals surface area contributed by atoms with Crippen molar-refractivity contribution in [2.75, 3.05) is 0 Å². The Labute approximate surface area is 120 Å². The number of aryl methyl sites for hydroxylation is 1. The standard InChI is InChI=1S/C14H20F2N2OSi/c1-6-7(2)9-10(18-13(17-9)12(15)16)11(19-20)8(6)14(3,4)5/h12H,1-5,20H3,(H,17,18). The Morgan fingerprint density at radius 2 is 1.80 bits per heavy atom. The van der Waals surface area contributed by atoms with Crippen molar-refractivity contribution >= 4 is 21.5 Å². The summed E-state index contributed by atoms with van der Waals surface area (Å²) in [5, 5.41) is 0. The molecule has 1 aromatic carbocycles. The van der Waals surface area contributed by atoms with Crippen LogP contribution in [0.3, 0.4) is 0 Å². The second-order valence-electron chi connectivity index (χ2n) is 6.05. The normalized spacial score (nSPS) is 12.6. The highest BCUT2D eigenvalue weighted by molar-refractivity contribution is 6.02. The van der Waals surface area contributed by atoms with Crippen LogP contribution in [0.5, 0.6) is 5.75 Å². The van der Waals surface area contributed by atoms with Crippen LogP contribution in [0.1, 0.15) is 49.7 Å². The van der Waals surface area contributed by atoms with E-state index in [9.17, 15) is 8.78 Å². The molecule has 0 spiro atoms. The van der Waals surface area contributed by atoms with Crippen molar-refractivity contribution in [3.63, 3.8) is 0 Å². The third-order valence-electron chi connectivity index (χ3n) is 3.63. The number of nitrogens with zero attached hydrogens (tertiary/aromatic N) is 1. The summed E-state index contributed by atoms with van der Waals surface area (Å²) in [4.78, 5) is 6.77. The van der Waals surface area contributed by atoms with Crippen LogP contribution < -0.4 is 4.43 Å². The predicted octanol–water partition coefficient (Wildman–Crippen LogP) is 3.07. The van der Waals surface area contributed by atoms with E-state index in [0.717, 1.165) is 16.7 Å². The molecule has 0 saturated heterocycles. The summed E-state index contributed by atoms with van der Waals surface area (Å²) in [5.41, 5.74) is 4.08. The van der Waals surface area contributed by atoms with Crippen molar-refractivity contribution in [3.8, 4) is 5.75 Å². The number of imidazole rings is 1. The van der Waals surface area contributed by atoms with Gasteiger partial charge in [0.2, 0.25) is 10.5 Å². The average Bonchev–Trinajstić information content (AvgIpc) is 2.76. The molecule has 0 atom stereocenters. The second kappa shape index (κ2) is 4.84. The van der Waals surface area contributed by atoms with Crippen molar-refractivity contribution in [1.82, 2.24) is 9.97 Å². The molecule has 110 valence electrons. The smallest absolute Gasteiger partial charge is 0.295 e. The van der Waals surface area contributed by atoms with Gasteiger partial charge in [0.05, 0.1) is 5.52 Å². The number of halogens is 2. The maximum Gasteiger partial charge on any atom is 0.295 e. The fraction of sp³-hybridized carbons (Fsp3) is 0.500. The number of nitrogens with one attached hydrogen (secondary N) is 1. The first-order chi connectivity index (χ1) is 9.18. The average molecular weight is 298 g/mol. The molecule has 2 rings (SSSR count). The predicted molar refractivity (Wildman–Crippen MR) is 79.8 cm³/mol. The first-order valence-corrected chi connectivity index (χ1v) is 7.35. The molecular weight excluding hydrogens is 278 g/mol. The SMILES string of the molecule is Cc1c(C(C)(C)C)c(O[SiH3])c2[nH]c(C(F)F)nc2c1C. The number of alkyl halides is 2. The zero-order valence-electron chi connectivity index (χ0n) is 12.7. The van der Waals surface area contributed by atoms with Crippen LogP contribution in [0.25, 0.3) is 11.0 Å². The molecule has 0 saturated carbocycles. The van der Waals surface area contributed by atoms with Crippen LogP contribution >= 0.6 is 0 Å². The Balaban J connectivity index is 2.92. The molecule has 0 fully saturated rings. The van der Waals surface area contributed by atoms with Gasteiger partial charge in [-0.2, -0.15) is 0 Å². The third kappa shape index (κ3) is 2.22. The minimum Gasteiger partial charge on any atom is -0.552 e. The van der Waals surface area contributed by atoms with Gasteiger partial charge in [0, 0.05) is 5.56 Å². The van der Waals surface area contributed by atoms with E-state index in [2.05, 4.69) is 30.7 Å². The van der Waals surface area contributed by atoms with Crippen LogP contribution in [0, 0.1) is 13.8 Å². The molecular formula is C14H20F2N2OSi. The second-order valence-corrected chi connectivity index (χ2v) is 6.46. The lowest BCUT2D eigenvalue weighted by atomic mass is 9.81. The largest absolute Gasteiger partial charge is 0.552 e. The van der Waals surface area contributed by atoms with Crippen molar-refractivity contribution in [2.24, 2.45) is 0 Å². The van der Waals surface area contributed by atoms with Crippen LogP contribution in [0.4, 0.5) is 8.78 Å². The maximum atomic E-state index is 12.9. The van der Waals surface area contributed by atoms with E-state index in [4.69, 9.17) is 4.43 Å². The number of hydrogen-bond acceptors (Lipinski definition) is 2. The van der Waals surface area contributed by atoms with Gasteiger partial charge in [0.15, 0.2) is 5.82 Å². The molecule has 3 nitrogen and oxygen atoms in total. The number of fused-ring (bicyclic) bond motifs is 1. The zero-order valence-corrected chi connectivity index (χ0v) is 14.7. The van der Waals surface area contributed by atoms with Gasteiger partial charge in [-0.3, -0.25) is 0 Å². The Morgan fingerprint density at radius 1 is 1.20 bits per heavy atom. The zero-order chi connectivity index (χ0) is 15.2. The highest BCUT2D eigenvalue weighted by Crippen LogP contribution is 2.41. The van der Waals surface area contributed by atoms with Gasteiger partial charge in [0.25, 0.3) is 6.43 Å². The van der Waals surface area contributed by atoms with E-state index in [0.29, 0.717) is 27.3 Å². The lowest BCUT2D eigenvalue weighted by Gasteiger charge is -2.26. The monoisotopic (exact) mass is 298 g/mol. The van der Waals surface area contributed by atoms with Crippen LogP contribution in [-0.4, -0.2) is 20.5 Å². The number of aromatic amines is 1. The van der Waals surface area contributed by atoms with E-state index in [1.807, 2.05) is 13.8 Å². The van der Waals surface area contributed by atoms with Gasteiger partial charge in [-0.05, 0) is 30.4 Å². The summed E-state index contributed by atoms with van der Waals surface area (Å²) in [6.45, 7) is 10.2. The van der Waals surface area contributed by atoms with Gasteiger partial charge >= 0.3 is 0 Å². The maximum absolute atomic E-state index is 12.9. The van der Waals surface area contributed by atoms with E-state index >= 15 is 0 Å². The summed E-state index contributed by atoms with van der Waals surface area (Å²) in [7, 11) is 0.495. The molecule has 0 amide bonds. The van der Waals surface area contributed by atoms with E-state index in [-0.39, 0.29) is 11.2 Å². The first-order valence-electron chi connectivity index (χ1n) is 6.53. The first kappa shape index (κ1) is 15.0. The summed E-state index contributed by atoms with van der Waals surface area (Å²) < 4.78 is 31.4. The van der Waals surface area contributed by atoms with Crippen molar-refractivity contribution in [1.29, 1.82) is 0 Å². The molecule has 1 aromatic heterocycles. The van der Waals surface area contributed by atoms with Crippen LogP contribution in [0.15, 0.2) is 0 Å². The minimum absolute atomic E-state index is 0.126. The summed E-state index contributed by atoms with van der Waals surface area (Å²) in [5.74, 6) is 0.371. The number of rotatable bonds is 2. The summed E-state index contributed by atoms with van der Waals surface area (Å²) >= 11 is 0. The van der Waals surface area contributed by atoms with Gasteiger partial charge in [-0.1, -0.05) is 20.8 Å². The summed E-state index contributed by atoms with van der Waals surface area (Å²) in [6, 6.07) is 0. The van der Waals surface area contributed by atoms with Gasteiger partial charge < -0.3 is 9.41 Å². The molecule has 0 unspecified atom stereocenters. The lowest BCUT2D eigenvalue weighted by molar-refractivity contribution is 0.142. The van der Waals surface area contributed by atoms with E-state index in [1.165, 1.54) is 0 Å². The molecule has 0 aliphatic rings. The molecule has 0 aliphatic carbocycles. The third-order valence-corrected chi connectivity index (χ3v) is 4.04. The fourth-order valence-electron chi connectivity index (χ4n) is 2.70. The highest BCUT2D eigenvalue weighted by atomic mass is 28.2. The Kier molecular flexibility index (Phi) is 3.62. The molecule has 1 heterocycles. The molecule has 2 aromatic rings. The van der Waals surface area contributed by atoms with Gasteiger partial charge in [0.1, 0.15) is 11.3 Å². The number of hydrogen-bond donors (Lipinski definition) is 1. The summed E-state index contributed by atoms with van der Waals surface area (Å²) in [6.07, 6.45) is -2.61. The van der Waals surface area contributed by atoms with Gasteiger partial charge in [-0.25, -0.2) is 13.8 Å². The number of aromatic nitrogens is 2. The van der Waals surface area contributed by atoms with Crippen molar-refractivity contribution in [3.05, 3.63) is 22.5 Å². The minimum atomic E-state index is -2.61. The number of benzene rings is 1. The molecule has 1 N–H and O–H groups in total. The fourth-order valence-corrected chi connectivity index (χ4v) is 3.11.